The molecule has 14 heteroatoms. The van der Waals surface area contributed by atoms with Gasteiger partial charge in [-0.3, -0.25) is 9.59 Å². The Labute approximate surface area is 233 Å². The first kappa shape index (κ1) is 27.6. The number of carbonyl (C=O) groups excluding carboxylic acids is 1. The summed E-state index contributed by atoms with van der Waals surface area (Å²) >= 11 is 13.4. The van der Waals surface area contributed by atoms with Gasteiger partial charge in [0.05, 0.1) is 20.7 Å². The summed E-state index contributed by atoms with van der Waals surface area (Å²) < 4.78 is 54.3. The van der Waals surface area contributed by atoms with Crippen LogP contribution >= 0.6 is 34.5 Å². The van der Waals surface area contributed by atoms with E-state index in [0.717, 1.165) is 11.2 Å². The predicted octanol–water partition coefficient (Wildman–Crippen LogP) is 6.04. The molecule has 1 atom stereocenters. The normalized spacial score (nSPS) is 18.3. The van der Waals surface area contributed by atoms with Crippen molar-refractivity contribution < 1.29 is 27.2 Å². The molecule has 2 aliphatic heterocycles. The highest BCUT2D eigenvalue weighted by atomic mass is 35.5. The number of amides is 1. The lowest BCUT2D eigenvalue weighted by Crippen LogP contribution is -2.41. The molecule has 39 heavy (non-hydrogen) atoms. The maximum absolute atomic E-state index is 14.3. The first-order valence-electron chi connectivity index (χ1n) is 11.9. The van der Waals surface area contributed by atoms with E-state index >= 15 is 0 Å². The molecule has 1 aromatic carbocycles. The van der Waals surface area contributed by atoms with Gasteiger partial charge in [-0.1, -0.05) is 34.4 Å². The van der Waals surface area contributed by atoms with Gasteiger partial charge in [-0.05, 0) is 31.0 Å². The molecule has 0 N–H and O–H groups in total. The molecule has 0 aliphatic carbocycles. The van der Waals surface area contributed by atoms with Crippen LogP contribution in [0.1, 0.15) is 53.1 Å². The van der Waals surface area contributed by atoms with Crippen LogP contribution in [0.25, 0.3) is 0 Å². The Morgan fingerprint density at radius 3 is 2.64 bits per heavy atom. The zero-order chi connectivity index (χ0) is 27.9. The Bertz CT molecular complexity index is 1480. The second kappa shape index (κ2) is 10.9. The summed E-state index contributed by atoms with van der Waals surface area (Å²) in [7, 11) is 0. The third-order valence-corrected chi connectivity index (χ3v) is 8.21. The van der Waals surface area contributed by atoms with E-state index in [9.17, 15) is 27.2 Å². The van der Waals surface area contributed by atoms with Crippen LogP contribution in [0.3, 0.4) is 0 Å². The molecule has 1 unspecified atom stereocenters. The summed E-state index contributed by atoms with van der Waals surface area (Å²) in [6.07, 6.45) is -3.00. The van der Waals surface area contributed by atoms with Crippen molar-refractivity contribution in [3.8, 4) is 0 Å². The molecule has 7 nitrogen and oxygen atoms in total. The van der Waals surface area contributed by atoms with E-state index in [1.165, 1.54) is 28.4 Å². The number of pyridine rings is 1. The highest BCUT2D eigenvalue weighted by molar-refractivity contribution is 7.10. The van der Waals surface area contributed by atoms with E-state index in [2.05, 4.69) is 5.16 Å². The lowest BCUT2D eigenvalue weighted by atomic mass is 9.97. The zero-order valence-corrected chi connectivity index (χ0v) is 22.4. The van der Waals surface area contributed by atoms with Crippen LogP contribution in [-0.4, -0.2) is 39.2 Å². The number of likely N-dealkylation sites (tertiary alicyclic amines) is 1. The molecule has 1 amide bonds. The Morgan fingerprint density at radius 2 is 1.95 bits per heavy atom. The number of hydrogen-bond donors (Lipinski definition) is 0. The van der Waals surface area contributed by atoms with E-state index in [1.54, 1.807) is 6.07 Å². The minimum atomic E-state index is -4.88. The topological polar surface area (TPSA) is 76.8 Å². The van der Waals surface area contributed by atoms with Gasteiger partial charge in [0.25, 0.3) is 5.56 Å². The zero-order valence-electron chi connectivity index (χ0n) is 20.1. The second-order valence-corrected chi connectivity index (χ2v) is 10.9. The van der Waals surface area contributed by atoms with Crippen molar-refractivity contribution in [3.05, 3.63) is 83.9 Å². The molecular formula is C25H20Cl2F4N4O3S. The smallest absolute Gasteiger partial charge is 0.387 e. The van der Waals surface area contributed by atoms with Gasteiger partial charge in [-0.15, -0.1) is 11.3 Å². The van der Waals surface area contributed by atoms with Crippen LogP contribution in [0.2, 0.25) is 10.0 Å². The number of hydrogen-bond acceptors (Lipinski definition) is 6. The summed E-state index contributed by atoms with van der Waals surface area (Å²) in [6, 6.07) is 4.97. The summed E-state index contributed by atoms with van der Waals surface area (Å²) in [4.78, 5) is 36.7. The maximum Gasteiger partial charge on any atom is 0.421 e. The van der Waals surface area contributed by atoms with Gasteiger partial charge in [-0.2, -0.15) is 13.2 Å². The third kappa shape index (κ3) is 5.82. The number of alkyl halides is 3. The van der Waals surface area contributed by atoms with Crippen molar-refractivity contribution in [3.63, 3.8) is 0 Å². The number of aromatic nitrogens is 2. The molecule has 2 aliphatic rings. The first-order chi connectivity index (χ1) is 18.5. The van der Waals surface area contributed by atoms with Crippen LogP contribution in [0, 0.1) is 5.82 Å². The molecule has 3 aromatic rings. The fraction of sp³-hybridized carbons (Fsp3) is 0.360. The molecule has 0 saturated carbocycles. The van der Waals surface area contributed by atoms with Gasteiger partial charge < -0.3 is 14.3 Å². The quantitative estimate of drug-likeness (QED) is 0.334. The minimum absolute atomic E-state index is 0.0678. The molecule has 0 bridgehead atoms. The lowest BCUT2D eigenvalue weighted by Gasteiger charge is -2.31. The Morgan fingerprint density at radius 1 is 1.21 bits per heavy atom. The highest BCUT2D eigenvalue weighted by Gasteiger charge is 2.36. The number of rotatable bonds is 5. The number of halogens is 6. The van der Waals surface area contributed by atoms with E-state index < -0.39 is 41.7 Å². The van der Waals surface area contributed by atoms with Gasteiger partial charge in [0.2, 0.25) is 5.91 Å². The van der Waals surface area contributed by atoms with Crippen LogP contribution in [0.15, 0.2) is 45.8 Å². The van der Waals surface area contributed by atoms with Crippen molar-refractivity contribution >= 4 is 46.2 Å². The Kier molecular flexibility index (Phi) is 7.71. The van der Waals surface area contributed by atoms with Gasteiger partial charge in [0.1, 0.15) is 23.6 Å². The number of nitrogens with zero attached hydrogens (tertiary/aromatic N) is 4. The van der Waals surface area contributed by atoms with Crippen LogP contribution in [0.5, 0.6) is 0 Å². The minimum Gasteiger partial charge on any atom is -0.387 e. The second-order valence-electron chi connectivity index (χ2n) is 9.20. The molecule has 4 heterocycles. The molecule has 1 fully saturated rings. The third-order valence-electron chi connectivity index (χ3n) is 6.67. The molecular weight excluding hydrogens is 583 g/mol. The molecule has 0 spiro atoms. The lowest BCUT2D eigenvalue weighted by molar-refractivity contribution is -0.139. The van der Waals surface area contributed by atoms with Gasteiger partial charge >= 0.3 is 6.18 Å². The summed E-state index contributed by atoms with van der Waals surface area (Å²) in [5, 5.41) is 6.77. The number of carbonyl (C=O) groups is 1. The van der Waals surface area contributed by atoms with Gasteiger partial charge in [0.15, 0.2) is 6.10 Å². The van der Waals surface area contributed by atoms with Crippen LogP contribution in [0.4, 0.5) is 17.6 Å². The summed E-state index contributed by atoms with van der Waals surface area (Å²) in [5.74, 6) is -0.871. The Hall–Kier alpha value is -2.96. The molecule has 5 rings (SSSR count). The average Bonchev–Trinajstić information content (AvgIpc) is 3.56. The number of benzene rings is 1. The van der Waals surface area contributed by atoms with Crippen LogP contribution in [-0.2, 0) is 22.4 Å². The molecule has 206 valence electrons. The van der Waals surface area contributed by atoms with E-state index in [4.69, 9.17) is 33.0 Å². The van der Waals surface area contributed by atoms with Crippen molar-refractivity contribution in [1.29, 1.82) is 0 Å². The predicted molar refractivity (Wildman–Crippen MR) is 138 cm³/mol. The largest absolute Gasteiger partial charge is 0.421 e. The van der Waals surface area contributed by atoms with E-state index in [1.807, 2.05) is 5.38 Å². The monoisotopic (exact) mass is 602 g/mol. The maximum atomic E-state index is 14.3. The number of thiazole rings is 1. The molecule has 0 radical (unpaired) electrons. The number of piperidine rings is 1. The SMILES string of the molecule is O=C(Cn1cc(Cl)cc(C(F)(F)F)c1=O)N1CCC(c2nc(C3=NOC(c4c(F)cccc4Cl)C3)cs2)CC1. The van der Waals surface area contributed by atoms with Gasteiger partial charge in [0, 0.05) is 42.6 Å². The standard InChI is InChI=1S/C25H20Cl2F4N4O3S/c26-14-8-15(25(29,30)31)24(37)35(10-14)11-21(36)34-6-4-13(5-7-34)23-32-19(12-39-23)18-9-20(38-33-18)22-16(27)2-1-3-17(22)28/h1-3,8,10,12-13,20H,4-7,9,11H2. The molecule has 2 aromatic heterocycles. The van der Waals surface area contributed by atoms with Crippen molar-refractivity contribution in [1.82, 2.24) is 14.5 Å². The van der Waals surface area contributed by atoms with E-state index in [0.29, 0.717) is 54.4 Å². The number of oxime groups is 1. The van der Waals surface area contributed by atoms with Crippen LogP contribution < -0.4 is 5.56 Å². The first-order valence-corrected chi connectivity index (χ1v) is 13.5. The summed E-state index contributed by atoms with van der Waals surface area (Å²) in [6.45, 7) is 0.178. The van der Waals surface area contributed by atoms with Crippen molar-refractivity contribution in [2.24, 2.45) is 5.16 Å². The Balaban J connectivity index is 1.19. The fourth-order valence-electron chi connectivity index (χ4n) is 4.65. The van der Waals surface area contributed by atoms with Crippen molar-refractivity contribution in [2.45, 2.75) is 44.0 Å². The van der Waals surface area contributed by atoms with Crippen molar-refractivity contribution in [2.75, 3.05) is 13.1 Å². The molecule has 1 saturated heterocycles. The van der Waals surface area contributed by atoms with E-state index in [-0.39, 0.29) is 21.5 Å². The summed E-state index contributed by atoms with van der Waals surface area (Å²) in [5.41, 5.74) is -1.27. The van der Waals surface area contributed by atoms with Gasteiger partial charge in [-0.25, -0.2) is 9.37 Å². The highest BCUT2D eigenvalue weighted by Crippen LogP contribution is 2.37. The fourth-order valence-corrected chi connectivity index (χ4v) is 6.16. The average molecular weight is 603 g/mol.